The van der Waals surface area contributed by atoms with Gasteiger partial charge in [0, 0.05) is 19.2 Å². The number of imidazole rings is 1. The predicted molar refractivity (Wildman–Crippen MR) is 85.2 cm³/mol. The Morgan fingerprint density at radius 3 is 2.57 bits per heavy atom. The van der Waals surface area contributed by atoms with Crippen molar-refractivity contribution in [2.45, 2.75) is 13.5 Å². The van der Waals surface area contributed by atoms with Crippen molar-refractivity contribution in [1.29, 1.82) is 0 Å². The number of ether oxygens (including phenoxy) is 1. The lowest BCUT2D eigenvalue weighted by atomic mass is 10.2. The molecule has 0 saturated carbocycles. The Bertz CT molecular complexity index is 760. The van der Waals surface area contributed by atoms with Crippen molar-refractivity contribution in [3.05, 3.63) is 48.0 Å². The van der Waals surface area contributed by atoms with E-state index < -0.39 is 0 Å². The van der Waals surface area contributed by atoms with Gasteiger partial charge in [0.25, 0.3) is 0 Å². The summed E-state index contributed by atoms with van der Waals surface area (Å²) in [4.78, 5) is 4.71. The molecule has 21 heavy (non-hydrogen) atoms. The Morgan fingerprint density at radius 1 is 1.14 bits per heavy atom. The highest BCUT2D eigenvalue weighted by molar-refractivity contribution is 5.81. The molecule has 0 aliphatic rings. The number of fused-ring (bicyclic) bond motifs is 1. The van der Waals surface area contributed by atoms with Crippen LogP contribution in [-0.2, 0) is 13.6 Å². The fourth-order valence-corrected chi connectivity index (χ4v) is 2.49. The van der Waals surface area contributed by atoms with Crippen LogP contribution in [0.25, 0.3) is 22.4 Å². The van der Waals surface area contributed by atoms with Crippen molar-refractivity contribution in [2.24, 2.45) is 12.8 Å². The van der Waals surface area contributed by atoms with E-state index in [1.165, 1.54) is 0 Å². The van der Waals surface area contributed by atoms with Crippen LogP contribution in [0.4, 0.5) is 0 Å². The minimum atomic E-state index is 0.541. The van der Waals surface area contributed by atoms with Crippen LogP contribution >= 0.6 is 0 Å². The van der Waals surface area contributed by atoms with E-state index in [0.29, 0.717) is 13.2 Å². The maximum atomic E-state index is 5.71. The van der Waals surface area contributed by atoms with Gasteiger partial charge >= 0.3 is 0 Å². The highest BCUT2D eigenvalue weighted by atomic mass is 16.5. The largest absolute Gasteiger partial charge is 0.494 e. The second-order valence-corrected chi connectivity index (χ2v) is 4.98. The first-order valence-corrected chi connectivity index (χ1v) is 7.11. The Balaban J connectivity index is 2.05. The van der Waals surface area contributed by atoms with Crippen molar-refractivity contribution < 1.29 is 4.74 Å². The lowest BCUT2D eigenvalue weighted by molar-refractivity contribution is 0.340. The summed E-state index contributed by atoms with van der Waals surface area (Å²) in [6, 6.07) is 14.2. The van der Waals surface area contributed by atoms with Crippen LogP contribution in [-0.4, -0.2) is 16.2 Å². The molecule has 1 aromatic heterocycles. The third-order valence-corrected chi connectivity index (χ3v) is 3.60. The lowest BCUT2D eigenvalue weighted by Crippen LogP contribution is -1.97. The van der Waals surface area contributed by atoms with Gasteiger partial charge in [-0.1, -0.05) is 6.07 Å². The molecule has 3 rings (SSSR count). The first kappa shape index (κ1) is 13.6. The highest BCUT2D eigenvalue weighted by Crippen LogP contribution is 2.26. The third-order valence-electron chi connectivity index (χ3n) is 3.60. The summed E-state index contributed by atoms with van der Waals surface area (Å²) in [5.41, 5.74) is 9.98. The minimum absolute atomic E-state index is 0.541. The Labute approximate surface area is 124 Å². The maximum absolute atomic E-state index is 5.71. The van der Waals surface area contributed by atoms with Gasteiger partial charge in [0.05, 0.1) is 17.6 Å². The van der Waals surface area contributed by atoms with Crippen LogP contribution in [0.15, 0.2) is 42.5 Å². The number of benzene rings is 2. The van der Waals surface area contributed by atoms with Gasteiger partial charge in [-0.3, -0.25) is 0 Å². The molecule has 0 radical (unpaired) electrons. The molecular formula is C17H19N3O. The van der Waals surface area contributed by atoms with Crippen LogP contribution < -0.4 is 10.5 Å². The molecule has 0 unspecified atom stereocenters. The van der Waals surface area contributed by atoms with Crippen molar-refractivity contribution in [2.75, 3.05) is 6.61 Å². The molecule has 0 spiro atoms. The summed E-state index contributed by atoms with van der Waals surface area (Å²) in [5.74, 6) is 1.83. The predicted octanol–water partition coefficient (Wildman–Crippen LogP) is 3.10. The van der Waals surface area contributed by atoms with Gasteiger partial charge in [-0.25, -0.2) is 4.98 Å². The Morgan fingerprint density at radius 2 is 1.90 bits per heavy atom. The van der Waals surface area contributed by atoms with Gasteiger partial charge in [0.1, 0.15) is 11.6 Å². The average Bonchev–Trinajstić information content (AvgIpc) is 2.85. The third kappa shape index (κ3) is 2.50. The summed E-state index contributed by atoms with van der Waals surface area (Å²) in [6.07, 6.45) is 0. The maximum Gasteiger partial charge on any atom is 0.140 e. The number of aromatic nitrogens is 2. The number of hydrogen-bond acceptors (Lipinski definition) is 3. The monoisotopic (exact) mass is 281 g/mol. The summed E-state index contributed by atoms with van der Waals surface area (Å²) >= 11 is 0. The van der Waals surface area contributed by atoms with E-state index in [1.54, 1.807) is 0 Å². The number of nitrogens with zero attached hydrogens (tertiary/aromatic N) is 2. The normalized spacial score (nSPS) is 11.0. The molecule has 3 aromatic rings. The van der Waals surface area contributed by atoms with Crippen LogP contribution in [0.1, 0.15) is 12.5 Å². The molecular weight excluding hydrogens is 262 g/mol. The Hall–Kier alpha value is -2.33. The fourth-order valence-electron chi connectivity index (χ4n) is 2.49. The number of hydrogen-bond donors (Lipinski definition) is 1. The number of rotatable bonds is 4. The van der Waals surface area contributed by atoms with Crippen molar-refractivity contribution >= 4 is 11.0 Å². The topological polar surface area (TPSA) is 53.1 Å². The van der Waals surface area contributed by atoms with Crippen LogP contribution in [0.3, 0.4) is 0 Å². The lowest BCUT2D eigenvalue weighted by Gasteiger charge is -2.05. The standard InChI is InChI=1S/C17H19N3O/c1-3-21-14-7-5-13(6-8-14)17-19-15-9-4-12(11-18)10-16(15)20(17)2/h4-10H,3,11,18H2,1-2H3. The zero-order valence-corrected chi connectivity index (χ0v) is 12.3. The summed E-state index contributed by atoms with van der Waals surface area (Å²) in [7, 11) is 2.03. The van der Waals surface area contributed by atoms with Crippen LogP contribution in [0, 0.1) is 0 Å². The highest BCUT2D eigenvalue weighted by Gasteiger charge is 2.10. The molecule has 0 atom stereocenters. The molecule has 4 nitrogen and oxygen atoms in total. The molecule has 0 amide bonds. The van der Waals surface area contributed by atoms with E-state index in [2.05, 4.69) is 10.6 Å². The van der Waals surface area contributed by atoms with E-state index in [4.69, 9.17) is 15.5 Å². The molecule has 4 heteroatoms. The summed E-state index contributed by atoms with van der Waals surface area (Å²) in [6.45, 7) is 3.20. The fraction of sp³-hybridized carbons (Fsp3) is 0.235. The zero-order valence-electron chi connectivity index (χ0n) is 12.3. The molecule has 0 saturated heterocycles. The quantitative estimate of drug-likeness (QED) is 0.799. The Kier molecular flexibility index (Phi) is 3.62. The van der Waals surface area contributed by atoms with Gasteiger partial charge in [-0.2, -0.15) is 0 Å². The van der Waals surface area contributed by atoms with Gasteiger partial charge < -0.3 is 15.0 Å². The van der Waals surface area contributed by atoms with Gasteiger partial charge in [0.2, 0.25) is 0 Å². The van der Waals surface area contributed by atoms with Gasteiger partial charge in [-0.15, -0.1) is 0 Å². The molecule has 0 aliphatic heterocycles. The van der Waals surface area contributed by atoms with E-state index in [1.807, 2.05) is 50.4 Å². The van der Waals surface area contributed by atoms with Crippen molar-refractivity contribution in [1.82, 2.24) is 9.55 Å². The molecule has 108 valence electrons. The smallest absolute Gasteiger partial charge is 0.140 e. The first-order chi connectivity index (χ1) is 10.2. The molecule has 0 fully saturated rings. The van der Waals surface area contributed by atoms with E-state index in [-0.39, 0.29) is 0 Å². The molecule has 1 heterocycles. The summed E-state index contributed by atoms with van der Waals surface area (Å²) < 4.78 is 7.58. The number of aryl methyl sites for hydroxylation is 1. The SMILES string of the molecule is CCOc1ccc(-c2nc3ccc(CN)cc3n2C)cc1. The van der Waals surface area contributed by atoms with Crippen LogP contribution in [0.5, 0.6) is 5.75 Å². The van der Waals surface area contributed by atoms with E-state index in [0.717, 1.165) is 33.7 Å². The van der Waals surface area contributed by atoms with Gasteiger partial charge in [-0.05, 0) is 48.9 Å². The zero-order chi connectivity index (χ0) is 14.8. The van der Waals surface area contributed by atoms with E-state index >= 15 is 0 Å². The first-order valence-electron chi connectivity index (χ1n) is 7.11. The molecule has 0 aliphatic carbocycles. The average molecular weight is 281 g/mol. The van der Waals surface area contributed by atoms with Gasteiger partial charge in [0.15, 0.2) is 0 Å². The van der Waals surface area contributed by atoms with E-state index in [9.17, 15) is 0 Å². The van der Waals surface area contributed by atoms with Crippen molar-refractivity contribution in [3.63, 3.8) is 0 Å². The molecule has 2 aromatic carbocycles. The minimum Gasteiger partial charge on any atom is -0.494 e. The molecule has 2 N–H and O–H groups in total. The molecule has 0 bridgehead atoms. The van der Waals surface area contributed by atoms with Crippen LogP contribution in [0.2, 0.25) is 0 Å². The second kappa shape index (κ2) is 5.58. The second-order valence-electron chi connectivity index (χ2n) is 4.98. The number of nitrogens with two attached hydrogens (primary N) is 1. The van der Waals surface area contributed by atoms with Crippen molar-refractivity contribution in [3.8, 4) is 17.1 Å². The summed E-state index contributed by atoms with van der Waals surface area (Å²) in [5, 5.41) is 0.